The maximum atomic E-state index is 13.6. The third kappa shape index (κ3) is 26.6. The molecule has 8 aliphatic rings. The maximum absolute atomic E-state index is 13.6. The van der Waals surface area contributed by atoms with Gasteiger partial charge >= 0.3 is 24.2 Å². The number of nitrogens with zero attached hydrogens (tertiary/aromatic N) is 10. The van der Waals surface area contributed by atoms with Crippen molar-refractivity contribution < 1.29 is 154 Å². The average Bonchev–Trinajstić information content (AvgIpc) is 1.59. The standard InChI is InChI=1S/C36H44N4O12.C35H44N4O12.C20H22N2O10.2CO2/c1-22-18-35(8-9-35)20-37(22)32(41)23-14-28(48-2)30(16-25(23)39(44)45)51-12-6-5-7-13-52-31-17-26(40(46)47)24(15-29(31)49-3)33(42)38-21-36(10-11-36)19-27(38)34(43)50-4;1-48-28-12-24(32(42)36-20-34(6-7-34)16-22(36)18-40)26(38(44)45)14-30(28)50-10-4-3-5-11-51-31-15-27(39(46)47)25(13-29(31)49-2)33(43)37-21-35(8-9-35)17-23(37)19-41;1-29-16-7-6-13(21(25)26)10-18(16)31-8-4-3-5-9-32-19-12-15(22(27)28)14(20(23)24)11-17(19)30-2;2*2-1-3/h14-17,22,27H,5-13,18-21H2,1-4H3;12-15,22-23,40-41H,3-11,16-21H2,1-2H3;6-7,10-12H,3-5,8-9H2,1-2H3,(H,23,24);;/t22-,27+;22-,23-;;;/m10.../s1. The number of nitro groups is 6. The minimum Gasteiger partial charge on any atom is -0.493 e. The number of carbonyl (C=O) groups is 6. The summed E-state index contributed by atoms with van der Waals surface area (Å²) < 4.78 is 71.3. The number of methoxy groups -OCH3 is 7. The van der Waals surface area contributed by atoms with Crippen molar-refractivity contribution in [2.24, 2.45) is 21.7 Å². The van der Waals surface area contributed by atoms with E-state index in [4.69, 9.17) is 85.9 Å². The van der Waals surface area contributed by atoms with Crippen LogP contribution < -0.4 is 56.8 Å². The van der Waals surface area contributed by atoms with Crippen molar-refractivity contribution in [3.63, 3.8) is 0 Å². The number of nitro benzene ring substituents is 6. The van der Waals surface area contributed by atoms with Gasteiger partial charge in [0.1, 0.15) is 33.9 Å². The molecular formula is C93H110N10O38. The van der Waals surface area contributed by atoms with Gasteiger partial charge in [0.05, 0.1) is 181 Å². The fourth-order valence-corrected chi connectivity index (χ4v) is 18.0. The van der Waals surface area contributed by atoms with Crippen molar-refractivity contribution in [2.75, 3.05) is 129 Å². The highest BCUT2D eigenvalue weighted by Crippen LogP contribution is 2.59. The number of benzene rings is 6. The largest absolute Gasteiger partial charge is 0.493 e. The lowest BCUT2D eigenvalue weighted by molar-refractivity contribution is -0.385. The van der Waals surface area contributed by atoms with Crippen LogP contribution in [0.15, 0.2) is 78.9 Å². The number of amides is 4. The highest BCUT2D eigenvalue weighted by Gasteiger charge is 2.58. The number of aromatic carboxylic acids is 1. The Hall–Kier alpha value is -15.2. The topological polar surface area (TPSA) is 623 Å². The van der Waals surface area contributed by atoms with Gasteiger partial charge in [-0.05, 0) is 169 Å². The molecule has 4 spiro atoms. The van der Waals surface area contributed by atoms with E-state index in [1.54, 1.807) is 4.90 Å². The van der Waals surface area contributed by atoms with Crippen LogP contribution in [-0.4, -0.2) is 265 Å². The van der Waals surface area contributed by atoms with Crippen molar-refractivity contribution >= 4 is 82.0 Å². The van der Waals surface area contributed by atoms with Crippen LogP contribution in [0.1, 0.15) is 194 Å². The Kier molecular flexibility index (Phi) is 37.0. The second kappa shape index (κ2) is 48.4. The third-order valence-corrected chi connectivity index (χ3v) is 26.1. The predicted molar refractivity (Wildman–Crippen MR) is 486 cm³/mol. The Bertz CT molecular complexity index is 5570. The van der Waals surface area contributed by atoms with E-state index < -0.39 is 93.6 Å². The van der Waals surface area contributed by atoms with Gasteiger partial charge in [-0.2, -0.15) is 19.2 Å². The quantitative estimate of drug-likeness (QED) is 0.0138. The van der Waals surface area contributed by atoms with E-state index in [9.17, 15) is 99.7 Å². The molecule has 14 rings (SSSR count). The molecule has 4 amide bonds. The number of non-ortho nitro benzene ring substituents is 1. The van der Waals surface area contributed by atoms with Gasteiger partial charge in [0.15, 0.2) is 69.0 Å². The minimum absolute atomic E-state index is 0.00245. The van der Waals surface area contributed by atoms with Crippen LogP contribution in [0.25, 0.3) is 0 Å². The molecule has 4 aliphatic carbocycles. The number of rotatable bonds is 44. The smallest absolute Gasteiger partial charge is 0.373 e. The number of ether oxygens (including phenoxy) is 13. The van der Waals surface area contributed by atoms with Crippen molar-refractivity contribution in [3.8, 4) is 69.0 Å². The number of unbranched alkanes of at least 4 members (excludes halogenated alkanes) is 6. The zero-order chi connectivity index (χ0) is 103. The molecule has 48 nitrogen and oxygen atoms in total. The number of carboxylic acids is 1. The van der Waals surface area contributed by atoms with Gasteiger partial charge in [-0.3, -0.25) is 79.9 Å². The molecule has 4 saturated carbocycles. The molecule has 4 aliphatic heterocycles. The lowest BCUT2D eigenvalue weighted by Gasteiger charge is -2.23. The van der Waals surface area contributed by atoms with Crippen molar-refractivity contribution in [1.29, 1.82) is 0 Å². The van der Waals surface area contributed by atoms with Crippen LogP contribution in [-0.2, 0) is 28.7 Å². The first-order chi connectivity index (χ1) is 67.4. The van der Waals surface area contributed by atoms with Crippen LogP contribution in [0.5, 0.6) is 69.0 Å². The molecule has 0 radical (unpaired) electrons. The van der Waals surface area contributed by atoms with Gasteiger partial charge in [0, 0.05) is 68.6 Å². The molecule has 141 heavy (non-hydrogen) atoms. The lowest BCUT2D eigenvalue weighted by atomic mass is 10.0. The molecule has 0 aromatic heterocycles. The fourth-order valence-electron chi connectivity index (χ4n) is 18.0. The molecule has 4 atom stereocenters. The van der Waals surface area contributed by atoms with E-state index in [0.29, 0.717) is 116 Å². The normalized spacial score (nSPS) is 17.5. The number of aliphatic hydroxyl groups is 2. The van der Waals surface area contributed by atoms with Crippen molar-refractivity contribution in [3.05, 3.63) is 167 Å². The van der Waals surface area contributed by atoms with Gasteiger partial charge in [-0.1, -0.05) is 0 Å². The van der Waals surface area contributed by atoms with Crippen LogP contribution in [0.4, 0.5) is 34.1 Å². The molecule has 6 aromatic carbocycles. The molecule has 8 fully saturated rings. The van der Waals surface area contributed by atoms with Crippen LogP contribution in [0.3, 0.4) is 0 Å². The Labute approximate surface area is 805 Å². The van der Waals surface area contributed by atoms with Gasteiger partial charge < -0.3 is 96.5 Å². The van der Waals surface area contributed by atoms with E-state index in [0.717, 1.165) is 76.0 Å². The van der Waals surface area contributed by atoms with Crippen LogP contribution in [0, 0.1) is 82.3 Å². The molecule has 48 heteroatoms. The summed E-state index contributed by atoms with van der Waals surface area (Å²) in [4.78, 5) is 183. The summed E-state index contributed by atoms with van der Waals surface area (Å²) in [5, 5.41) is 99.0. The summed E-state index contributed by atoms with van der Waals surface area (Å²) in [6.07, 6.45) is 16.2. The van der Waals surface area contributed by atoms with Gasteiger partial charge in [0.2, 0.25) is 0 Å². The predicted octanol–water partition coefficient (Wildman–Crippen LogP) is 12.1. The summed E-state index contributed by atoms with van der Waals surface area (Å²) in [5.74, 6) is -2.08. The third-order valence-electron chi connectivity index (χ3n) is 26.1. The summed E-state index contributed by atoms with van der Waals surface area (Å²) >= 11 is 0. The monoisotopic (exact) mass is 1970 g/mol. The van der Waals surface area contributed by atoms with E-state index in [2.05, 4.69) is 0 Å². The highest BCUT2D eigenvalue weighted by atomic mass is 16.7. The summed E-state index contributed by atoms with van der Waals surface area (Å²) in [6.45, 7) is 4.60. The van der Waals surface area contributed by atoms with Gasteiger partial charge in [-0.25, -0.2) is 9.59 Å². The molecule has 760 valence electrons. The maximum Gasteiger partial charge on any atom is 0.373 e. The minimum atomic E-state index is -1.44. The van der Waals surface area contributed by atoms with E-state index in [-0.39, 0.29) is 201 Å². The summed E-state index contributed by atoms with van der Waals surface area (Å²) in [6, 6.07) is 14.6. The fraction of sp³-hybridized carbons (Fsp3) is 0.527. The Morgan fingerprint density at radius 3 is 0.858 bits per heavy atom. The van der Waals surface area contributed by atoms with E-state index >= 15 is 0 Å². The first-order valence-corrected chi connectivity index (χ1v) is 45.1. The second-order valence-electron chi connectivity index (χ2n) is 35.3. The number of carboxylic acid groups (broad SMARTS) is 1. The number of aliphatic hydroxyl groups excluding tert-OH is 2. The Morgan fingerprint density at radius 1 is 0.340 bits per heavy atom. The molecule has 4 saturated heterocycles. The summed E-state index contributed by atoms with van der Waals surface area (Å²) in [5.41, 5.74) is -3.28. The zero-order valence-corrected chi connectivity index (χ0v) is 78.8. The number of carbonyl (C=O) groups excluding carboxylic acids is 9. The SMILES string of the molecule is COC(=O)[C@@H]1CC2(CC2)CN1C(=O)c1cc(OC)c(OCCCCCOc2cc([N+](=O)[O-])c(C(=O)N3CC4(CC4)C[C@H]3C)cc2OC)cc1[N+](=O)[O-].COc1cc(C(=O)N2CC3(CC3)C[C@H]2CO)c([N+](=O)[O-])cc1OCCCCCOc1cc([N+](=O)[O-])c(C(=O)N2CC3(CC3)C[C@H]2CO)cc1OC.COc1ccc([N+](=O)[O-])cc1OCCCCCOc1cc([N+](=O)[O-])c(C(=O)O)cc1OC.O=C=O.O=C=O. The zero-order valence-electron chi connectivity index (χ0n) is 78.8. The molecule has 6 aromatic rings. The molecule has 3 N–H and O–H groups in total. The molecule has 4 heterocycles. The first-order valence-electron chi connectivity index (χ1n) is 45.1. The van der Waals surface area contributed by atoms with E-state index in [1.807, 2.05) is 6.92 Å². The van der Waals surface area contributed by atoms with Gasteiger partial charge in [0.25, 0.3) is 57.8 Å². The lowest BCUT2D eigenvalue weighted by Crippen LogP contribution is -2.41. The Balaban J connectivity index is 0.000000217. The molecule has 0 unspecified atom stereocenters. The van der Waals surface area contributed by atoms with Gasteiger partial charge in [-0.15, -0.1) is 0 Å². The molecule has 0 bridgehead atoms. The van der Waals surface area contributed by atoms with Crippen LogP contribution in [0.2, 0.25) is 0 Å². The van der Waals surface area contributed by atoms with E-state index in [1.165, 1.54) is 125 Å². The first kappa shape index (κ1) is 108. The van der Waals surface area contributed by atoms with Crippen LogP contribution >= 0.6 is 0 Å². The van der Waals surface area contributed by atoms with Crippen molar-refractivity contribution in [2.45, 2.75) is 166 Å². The number of likely N-dealkylation sites (tertiary alicyclic amines) is 4. The molecular weight excluding hydrogens is 1870 g/mol. The van der Waals surface area contributed by atoms with Crippen molar-refractivity contribution in [1.82, 2.24) is 19.6 Å². The highest BCUT2D eigenvalue weighted by molar-refractivity contribution is 6.03. The average molecular weight is 1980 g/mol. The second-order valence-corrected chi connectivity index (χ2v) is 35.3. The number of hydrogen-bond acceptors (Lipinski definition) is 37. The number of hydrogen-bond donors (Lipinski definition) is 3. The Morgan fingerprint density at radius 2 is 0.596 bits per heavy atom. The number of esters is 1. The summed E-state index contributed by atoms with van der Waals surface area (Å²) in [7, 11) is 9.53.